The number of nitrogens with zero attached hydrogens (tertiary/aromatic N) is 2. The number of nitrogens with one attached hydrogen (secondary N) is 2. The van der Waals surface area contributed by atoms with E-state index < -0.39 is 11.9 Å². The lowest BCUT2D eigenvalue weighted by atomic mass is 10.2. The number of hydrogen-bond acceptors (Lipinski definition) is 6. The fourth-order valence-electron chi connectivity index (χ4n) is 2.23. The van der Waals surface area contributed by atoms with E-state index in [1.807, 2.05) is 0 Å². The van der Waals surface area contributed by atoms with E-state index >= 15 is 0 Å². The average molecular weight is 342 g/mol. The minimum Gasteiger partial charge on any atom is -0.493 e. The van der Waals surface area contributed by atoms with Crippen molar-refractivity contribution < 1.29 is 24.2 Å². The molecule has 1 amide bonds. The summed E-state index contributed by atoms with van der Waals surface area (Å²) in [5.74, 6) is -0.343. The number of H-pyrrole nitrogens is 1. The van der Waals surface area contributed by atoms with Crippen molar-refractivity contribution in [2.45, 2.75) is 0 Å². The van der Waals surface area contributed by atoms with Gasteiger partial charge in [-0.1, -0.05) is 0 Å². The first-order valence-electron chi connectivity index (χ1n) is 7.14. The number of amides is 1. The molecule has 3 aromatic rings. The molecule has 3 rings (SSSR count). The van der Waals surface area contributed by atoms with Gasteiger partial charge in [0, 0.05) is 18.3 Å². The van der Waals surface area contributed by atoms with E-state index in [-0.39, 0.29) is 17.2 Å². The molecule has 1 aromatic carbocycles. The van der Waals surface area contributed by atoms with Gasteiger partial charge >= 0.3 is 5.97 Å². The Kier molecular flexibility index (Phi) is 4.21. The molecule has 0 atom stereocenters. The van der Waals surface area contributed by atoms with Gasteiger partial charge in [0.2, 0.25) is 5.95 Å². The van der Waals surface area contributed by atoms with Gasteiger partial charge in [-0.25, -0.2) is 14.8 Å². The molecule has 0 radical (unpaired) electrons. The molecule has 0 spiro atoms. The summed E-state index contributed by atoms with van der Waals surface area (Å²) in [6, 6.07) is 6.02. The van der Waals surface area contributed by atoms with Gasteiger partial charge in [-0.2, -0.15) is 0 Å². The van der Waals surface area contributed by atoms with E-state index in [9.17, 15) is 9.59 Å². The van der Waals surface area contributed by atoms with E-state index in [0.717, 1.165) is 0 Å². The van der Waals surface area contributed by atoms with Crippen LogP contribution in [-0.4, -0.2) is 46.2 Å². The van der Waals surface area contributed by atoms with Crippen LogP contribution in [-0.2, 0) is 0 Å². The predicted molar refractivity (Wildman–Crippen MR) is 88.3 cm³/mol. The van der Waals surface area contributed by atoms with Crippen LogP contribution in [0.1, 0.15) is 20.8 Å². The quantitative estimate of drug-likeness (QED) is 0.646. The molecular formula is C16H14N4O5. The number of fused-ring (bicyclic) bond motifs is 1. The third-order valence-corrected chi connectivity index (χ3v) is 3.46. The maximum Gasteiger partial charge on any atom is 0.354 e. The summed E-state index contributed by atoms with van der Waals surface area (Å²) in [4.78, 5) is 33.9. The second-order valence-corrected chi connectivity index (χ2v) is 5.00. The fraction of sp³-hybridized carbons (Fsp3) is 0.125. The molecule has 3 N–H and O–H groups in total. The van der Waals surface area contributed by atoms with E-state index in [4.69, 9.17) is 14.6 Å². The normalized spacial score (nSPS) is 10.5. The van der Waals surface area contributed by atoms with Crippen molar-refractivity contribution in [3.05, 3.63) is 41.7 Å². The number of aromatic amines is 1. The van der Waals surface area contributed by atoms with Crippen molar-refractivity contribution in [1.29, 1.82) is 0 Å². The average Bonchev–Trinajstić information content (AvgIpc) is 3.01. The summed E-state index contributed by atoms with van der Waals surface area (Å²) in [5.41, 5.74) is 1.32. The monoisotopic (exact) mass is 342 g/mol. The van der Waals surface area contributed by atoms with E-state index in [1.165, 1.54) is 32.5 Å². The summed E-state index contributed by atoms with van der Waals surface area (Å²) in [6.07, 6.45) is 1.19. The van der Waals surface area contributed by atoms with Crippen molar-refractivity contribution in [3.63, 3.8) is 0 Å². The Hall–Kier alpha value is -3.62. The third-order valence-electron chi connectivity index (χ3n) is 3.46. The second-order valence-electron chi connectivity index (χ2n) is 5.00. The SMILES string of the molecule is COc1cc2nc(NC(=O)c3ccc(C(=O)O)nc3)[nH]c2cc1OC. The number of anilines is 1. The lowest BCUT2D eigenvalue weighted by Crippen LogP contribution is -2.14. The highest BCUT2D eigenvalue weighted by Gasteiger charge is 2.13. The highest BCUT2D eigenvalue weighted by molar-refractivity contribution is 6.04. The van der Waals surface area contributed by atoms with Crippen LogP contribution in [0.5, 0.6) is 11.5 Å². The van der Waals surface area contributed by atoms with Crippen molar-refractivity contribution >= 4 is 28.9 Å². The zero-order valence-electron chi connectivity index (χ0n) is 13.4. The van der Waals surface area contributed by atoms with Crippen molar-refractivity contribution in [2.75, 3.05) is 19.5 Å². The topological polar surface area (TPSA) is 126 Å². The number of benzene rings is 1. The van der Waals surface area contributed by atoms with Gasteiger partial charge in [-0.05, 0) is 12.1 Å². The Balaban J connectivity index is 1.84. The van der Waals surface area contributed by atoms with Crippen LogP contribution in [0, 0.1) is 0 Å². The number of rotatable bonds is 5. The van der Waals surface area contributed by atoms with Gasteiger partial charge in [0.25, 0.3) is 5.91 Å². The van der Waals surface area contributed by atoms with Crippen molar-refractivity contribution in [2.24, 2.45) is 0 Å². The Morgan fingerprint density at radius 2 is 1.88 bits per heavy atom. The number of ether oxygens (including phenoxy) is 2. The van der Waals surface area contributed by atoms with E-state index in [2.05, 4.69) is 20.3 Å². The van der Waals surface area contributed by atoms with Gasteiger partial charge in [0.15, 0.2) is 11.5 Å². The third kappa shape index (κ3) is 3.20. The number of hydrogen-bond donors (Lipinski definition) is 3. The molecule has 0 saturated carbocycles. The van der Waals surface area contributed by atoms with Crippen LogP contribution in [0.4, 0.5) is 5.95 Å². The van der Waals surface area contributed by atoms with Crippen molar-refractivity contribution in [1.82, 2.24) is 15.0 Å². The largest absolute Gasteiger partial charge is 0.493 e. The summed E-state index contributed by atoms with van der Waals surface area (Å²) in [6.45, 7) is 0. The molecule has 9 nitrogen and oxygen atoms in total. The summed E-state index contributed by atoms with van der Waals surface area (Å²) in [5, 5.41) is 11.4. The molecule has 0 aliphatic heterocycles. The summed E-state index contributed by atoms with van der Waals surface area (Å²) >= 11 is 0. The molecule has 0 aliphatic rings. The van der Waals surface area contributed by atoms with Gasteiger partial charge in [0.05, 0.1) is 30.8 Å². The van der Waals surface area contributed by atoms with Crippen LogP contribution >= 0.6 is 0 Å². The smallest absolute Gasteiger partial charge is 0.354 e. The van der Waals surface area contributed by atoms with Gasteiger partial charge < -0.3 is 19.6 Å². The predicted octanol–water partition coefficient (Wildman–Crippen LogP) is 1.93. The maximum atomic E-state index is 12.2. The minimum absolute atomic E-state index is 0.139. The molecular weight excluding hydrogens is 328 g/mol. The first kappa shape index (κ1) is 16.2. The van der Waals surface area contributed by atoms with Crippen molar-refractivity contribution in [3.8, 4) is 11.5 Å². The van der Waals surface area contributed by atoms with E-state index in [0.29, 0.717) is 22.5 Å². The number of carboxylic acid groups (broad SMARTS) is 1. The zero-order valence-corrected chi connectivity index (χ0v) is 13.4. The Morgan fingerprint density at radius 1 is 1.16 bits per heavy atom. The number of aromatic nitrogens is 3. The number of carbonyl (C=O) groups is 2. The minimum atomic E-state index is -1.16. The van der Waals surface area contributed by atoms with Crippen LogP contribution in [0.25, 0.3) is 11.0 Å². The molecule has 0 unspecified atom stereocenters. The zero-order chi connectivity index (χ0) is 18.0. The highest BCUT2D eigenvalue weighted by Crippen LogP contribution is 2.31. The number of aromatic carboxylic acids is 1. The summed E-state index contributed by atoms with van der Waals surface area (Å²) < 4.78 is 10.4. The van der Waals surface area contributed by atoms with Crippen LogP contribution < -0.4 is 14.8 Å². The van der Waals surface area contributed by atoms with Crippen LogP contribution in [0.2, 0.25) is 0 Å². The lowest BCUT2D eigenvalue weighted by Gasteiger charge is -2.06. The Morgan fingerprint density at radius 3 is 2.48 bits per heavy atom. The van der Waals surface area contributed by atoms with Gasteiger partial charge in [-0.3, -0.25) is 10.1 Å². The Bertz CT molecular complexity index is 908. The molecule has 0 aliphatic carbocycles. The molecule has 0 fully saturated rings. The molecule has 128 valence electrons. The first-order valence-corrected chi connectivity index (χ1v) is 7.14. The van der Waals surface area contributed by atoms with Crippen LogP contribution in [0.3, 0.4) is 0 Å². The first-order chi connectivity index (χ1) is 12.0. The highest BCUT2D eigenvalue weighted by atomic mass is 16.5. The number of pyridine rings is 1. The molecule has 0 bridgehead atoms. The summed E-state index contributed by atoms with van der Waals surface area (Å²) in [7, 11) is 3.04. The molecule has 25 heavy (non-hydrogen) atoms. The van der Waals surface area contributed by atoms with Gasteiger partial charge in [0.1, 0.15) is 5.69 Å². The number of imidazole rings is 1. The fourth-order valence-corrected chi connectivity index (χ4v) is 2.23. The number of carboxylic acids is 1. The van der Waals surface area contributed by atoms with Crippen LogP contribution in [0.15, 0.2) is 30.5 Å². The molecule has 2 aromatic heterocycles. The molecule has 9 heteroatoms. The standard InChI is InChI=1S/C16H14N4O5/c1-24-12-5-10-11(6-13(12)25-2)19-16(18-10)20-14(21)8-3-4-9(15(22)23)17-7-8/h3-7H,1-2H3,(H,22,23)(H2,18,19,20,21). The number of methoxy groups -OCH3 is 2. The number of carbonyl (C=O) groups excluding carboxylic acids is 1. The maximum absolute atomic E-state index is 12.2. The Labute approximate surface area is 141 Å². The second kappa shape index (κ2) is 6.48. The molecule has 2 heterocycles. The lowest BCUT2D eigenvalue weighted by molar-refractivity contribution is 0.0690. The molecule has 0 saturated heterocycles. The van der Waals surface area contributed by atoms with Gasteiger partial charge in [-0.15, -0.1) is 0 Å². The van der Waals surface area contributed by atoms with E-state index in [1.54, 1.807) is 12.1 Å².